The second-order valence-corrected chi connectivity index (χ2v) is 9.55. The molecule has 0 amide bonds. The fraction of sp³-hybridized carbons (Fsp3) is 0.429. The minimum absolute atomic E-state index is 0.0235. The zero-order valence-corrected chi connectivity index (χ0v) is 16.8. The van der Waals surface area contributed by atoms with Crippen molar-refractivity contribution in [2.45, 2.75) is 56.3 Å². The summed E-state index contributed by atoms with van der Waals surface area (Å²) >= 11 is 0. The first kappa shape index (κ1) is 19.9. The van der Waals surface area contributed by atoms with Gasteiger partial charge in [-0.25, -0.2) is 8.42 Å². The van der Waals surface area contributed by atoms with Gasteiger partial charge in [-0.2, -0.15) is 4.31 Å². The van der Waals surface area contributed by atoms with Crippen molar-refractivity contribution < 1.29 is 18.3 Å². The monoisotopic (exact) mass is 389 g/mol. The van der Waals surface area contributed by atoms with Crippen LogP contribution in [-0.2, 0) is 16.4 Å². The molecule has 0 bridgehead atoms. The van der Waals surface area contributed by atoms with Crippen LogP contribution in [0.25, 0.3) is 0 Å². The molecule has 1 heterocycles. The Morgan fingerprint density at radius 1 is 1.15 bits per heavy atom. The fourth-order valence-electron chi connectivity index (χ4n) is 3.76. The lowest BCUT2D eigenvalue weighted by Gasteiger charge is -2.34. The number of aliphatic hydroxyl groups excluding tert-OH is 1. The van der Waals surface area contributed by atoms with Gasteiger partial charge < -0.3 is 9.84 Å². The van der Waals surface area contributed by atoms with Gasteiger partial charge in [0, 0.05) is 12.1 Å². The summed E-state index contributed by atoms with van der Waals surface area (Å²) in [4.78, 5) is 0.215. The van der Waals surface area contributed by atoms with E-state index >= 15 is 0 Å². The first-order chi connectivity index (χ1) is 12.7. The summed E-state index contributed by atoms with van der Waals surface area (Å²) in [5, 5.41) is 10.2. The molecule has 1 saturated heterocycles. The summed E-state index contributed by atoms with van der Waals surface area (Å²) in [6.45, 7) is 5.86. The minimum atomic E-state index is -3.73. The number of hydrogen-bond donors (Lipinski definition) is 1. The van der Waals surface area contributed by atoms with Crippen LogP contribution in [0.2, 0.25) is 0 Å². The molecule has 0 aliphatic carbocycles. The second-order valence-electron chi connectivity index (χ2n) is 7.69. The lowest BCUT2D eigenvalue weighted by atomic mass is 9.91. The maximum absolute atomic E-state index is 13.3. The van der Waals surface area contributed by atoms with E-state index in [1.54, 1.807) is 24.3 Å². The third-order valence-electron chi connectivity index (χ3n) is 4.87. The zero-order chi connectivity index (χ0) is 19.7. The molecule has 27 heavy (non-hydrogen) atoms. The largest absolute Gasteiger partial charge is 0.491 e. The first-order valence-corrected chi connectivity index (χ1v) is 10.7. The van der Waals surface area contributed by atoms with Gasteiger partial charge in [-0.05, 0) is 63.4 Å². The Morgan fingerprint density at radius 2 is 1.78 bits per heavy atom. The molecule has 0 unspecified atom stereocenters. The Hall–Kier alpha value is -1.89. The third-order valence-corrected chi connectivity index (χ3v) is 6.90. The van der Waals surface area contributed by atoms with Crippen LogP contribution < -0.4 is 4.74 Å². The molecular weight excluding hydrogens is 362 g/mol. The number of sulfonamides is 1. The predicted molar refractivity (Wildman–Crippen MR) is 105 cm³/mol. The lowest BCUT2D eigenvalue weighted by Crippen LogP contribution is -2.46. The molecular formula is C21H27NO4S. The number of rotatable bonds is 6. The van der Waals surface area contributed by atoms with Crippen LogP contribution in [0.3, 0.4) is 0 Å². The van der Waals surface area contributed by atoms with E-state index in [1.807, 2.05) is 51.1 Å². The maximum Gasteiger partial charge on any atom is 0.243 e. The molecule has 1 aliphatic heterocycles. The second kappa shape index (κ2) is 7.62. The number of nitrogens with zero attached hydrogens (tertiary/aromatic N) is 1. The summed E-state index contributed by atoms with van der Waals surface area (Å²) in [6.07, 6.45) is 0.321. The van der Waals surface area contributed by atoms with E-state index in [1.165, 1.54) is 4.31 Å². The summed E-state index contributed by atoms with van der Waals surface area (Å²) in [5.41, 5.74) is 0.377. The van der Waals surface area contributed by atoms with E-state index in [0.29, 0.717) is 18.6 Å². The van der Waals surface area contributed by atoms with Crippen molar-refractivity contribution in [2.24, 2.45) is 0 Å². The SMILES string of the molecule is CC(C)Oc1ccc(S(=O)(=O)N2C[C@@H](O)C[C@]2(C)Cc2ccccc2)cc1. The van der Waals surface area contributed by atoms with Gasteiger partial charge in [-0.15, -0.1) is 0 Å². The van der Waals surface area contributed by atoms with Crippen LogP contribution in [0.4, 0.5) is 0 Å². The number of benzene rings is 2. The van der Waals surface area contributed by atoms with Gasteiger partial charge in [0.2, 0.25) is 10.0 Å². The van der Waals surface area contributed by atoms with Crippen molar-refractivity contribution in [3.63, 3.8) is 0 Å². The summed E-state index contributed by atoms with van der Waals surface area (Å²) in [5.74, 6) is 0.637. The molecule has 0 aromatic heterocycles. The minimum Gasteiger partial charge on any atom is -0.491 e. The molecule has 1 aliphatic rings. The smallest absolute Gasteiger partial charge is 0.243 e. The van der Waals surface area contributed by atoms with E-state index in [0.717, 1.165) is 5.56 Å². The molecule has 2 aromatic rings. The van der Waals surface area contributed by atoms with Crippen molar-refractivity contribution in [2.75, 3.05) is 6.54 Å². The molecule has 2 aromatic carbocycles. The van der Waals surface area contributed by atoms with Crippen LogP contribution >= 0.6 is 0 Å². The molecule has 1 N–H and O–H groups in total. The number of β-amino-alcohol motifs (C(OH)–C–C–N with tert-alkyl or cyclic N) is 1. The average molecular weight is 390 g/mol. The van der Waals surface area contributed by atoms with Crippen LogP contribution in [-0.4, -0.2) is 42.1 Å². The predicted octanol–water partition coefficient (Wildman–Crippen LogP) is 3.23. The highest BCUT2D eigenvalue weighted by molar-refractivity contribution is 7.89. The Bertz CT molecular complexity index is 865. The van der Waals surface area contributed by atoms with Crippen molar-refractivity contribution in [1.29, 1.82) is 0 Å². The van der Waals surface area contributed by atoms with E-state index in [4.69, 9.17) is 4.74 Å². The average Bonchev–Trinajstić information content (AvgIpc) is 2.90. The Morgan fingerprint density at radius 3 is 2.37 bits per heavy atom. The first-order valence-electron chi connectivity index (χ1n) is 9.22. The number of aliphatic hydroxyl groups is 1. The van der Waals surface area contributed by atoms with Gasteiger partial charge in [-0.3, -0.25) is 0 Å². The van der Waals surface area contributed by atoms with Gasteiger partial charge in [0.15, 0.2) is 0 Å². The van der Waals surface area contributed by atoms with Gasteiger partial charge in [0.05, 0.1) is 17.1 Å². The highest BCUT2D eigenvalue weighted by atomic mass is 32.2. The lowest BCUT2D eigenvalue weighted by molar-refractivity contribution is 0.186. The topological polar surface area (TPSA) is 66.8 Å². The molecule has 0 spiro atoms. The summed E-state index contributed by atoms with van der Waals surface area (Å²) in [7, 11) is -3.73. The van der Waals surface area contributed by atoms with Gasteiger partial charge >= 0.3 is 0 Å². The Kier molecular flexibility index (Phi) is 5.60. The molecule has 6 heteroatoms. The van der Waals surface area contributed by atoms with E-state index in [9.17, 15) is 13.5 Å². The molecule has 146 valence electrons. The molecule has 0 saturated carbocycles. The van der Waals surface area contributed by atoms with E-state index in [-0.39, 0.29) is 17.5 Å². The zero-order valence-electron chi connectivity index (χ0n) is 16.0. The summed E-state index contributed by atoms with van der Waals surface area (Å²) < 4.78 is 33.6. The van der Waals surface area contributed by atoms with E-state index in [2.05, 4.69) is 0 Å². The van der Waals surface area contributed by atoms with Crippen LogP contribution in [0.5, 0.6) is 5.75 Å². The quantitative estimate of drug-likeness (QED) is 0.824. The molecule has 5 nitrogen and oxygen atoms in total. The van der Waals surface area contributed by atoms with E-state index < -0.39 is 21.7 Å². The highest BCUT2D eigenvalue weighted by Crippen LogP contribution is 2.37. The van der Waals surface area contributed by atoms with Crippen molar-refractivity contribution in [3.05, 3.63) is 60.2 Å². The fourth-order valence-corrected chi connectivity index (χ4v) is 5.58. The Labute approximate surface area is 161 Å². The van der Waals surface area contributed by atoms with Crippen LogP contribution in [0.1, 0.15) is 32.8 Å². The van der Waals surface area contributed by atoms with Gasteiger partial charge in [-0.1, -0.05) is 30.3 Å². The highest BCUT2D eigenvalue weighted by Gasteiger charge is 2.48. The number of ether oxygens (including phenoxy) is 1. The van der Waals surface area contributed by atoms with Crippen molar-refractivity contribution >= 4 is 10.0 Å². The van der Waals surface area contributed by atoms with Crippen molar-refractivity contribution in [3.8, 4) is 5.75 Å². The summed E-state index contributed by atoms with van der Waals surface area (Å²) in [6, 6.07) is 16.3. The third kappa shape index (κ3) is 4.34. The van der Waals surface area contributed by atoms with Gasteiger partial charge in [0.25, 0.3) is 0 Å². The normalized spacial score (nSPS) is 23.7. The van der Waals surface area contributed by atoms with Crippen molar-refractivity contribution in [1.82, 2.24) is 4.31 Å². The van der Waals surface area contributed by atoms with Gasteiger partial charge in [0.1, 0.15) is 5.75 Å². The molecule has 1 fully saturated rings. The maximum atomic E-state index is 13.3. The molecule has 2 atom stereocenters. The van der Waals surface area contributed by atoms with Crippen LogP contribution in [0.15, 0.2) is 59.5 Å². The molecule has 3 rings (SSSR count). The number of hydrogen-bond acceptors (Lipinski definition) is 4. The van der Waals surface area contributed by atoms with Crippen LogP contribution in [0, 0.1) is 0 Å². The standard InChI is InChI=1S/C21H27NO4S/c1-16(2)26-19-9-11-20(12-10-19)27(24,25)22-15-18(23)14-21(22,3)13-17-7-5-4-6-8-17/h4-12,16,18,23H,13-15H2,1-3H3/t18-,21-/m0/s1. The molecule has 0 radical (unpaired) electrons. The Balaban J connectivity index is 1.89.